The fourth-order valence-electron chi connectivity index (χ4n) is 1.85. The maximum absolute atomic E-state index is 12.4. The summed E-state index contributed by atoms with van der Waals surface area (Å²) in [6.45, 7) is 1.80. The third kappa shape index (κ3) is 3.03. The zero-order valence-electron chi connectivity index (χ0n) is 11.2. The van der Waals surface area contributed by atoms with Crippen LogP contribution in [0.1, 0.15) is 11.3 Å². The molecule has 3 aromatic rings. The quantitative estimate of drug-likeness (QED) is 0.738. The number of rotatable bonds is 4. The summed E-state index contributed by atoms with van der Waals surface area (Å²) in [6.07, 6.45) is 1.37. The van der Waals surface area contributed by atoms with Gasteiger partial charge in [0.1, 0.15) is 4.21 Å². The number of hydrogen-bond donors (Lipinski definition) is 0. The average molecular weight is 320 g/mol. The van der Waals surface area contributed by atoms with Crippen molar-refractivity contribution in [2.24, 2.45) is 0 Å². The number of aryl methyl sites for hydroxylation is 1. The standard InChI is InChI=1S/C14H12N2O3S2/c1-10-7-12(19-16-10)14-15-8-13(20-14)21(17,18)9-11-5-3-2-4-6-11/h2-8H,9H2,1H3. The molecule has 3 rings (SSSR count). The predicted molar refractivity (Wildman–Crippen MR) is 79.7 cm³/mol. The number of nitrogens with zero attached hydrogens (tertiary/aromatic N) is 2. The molecule has 0 unspecified atom stereocenters. The zero-order valence-corrected chi connectivity index (χ0v) is 12.8. The van der Waals surface area contributed by atoms with Crippen LogP contribution in [0.15, 0.2) is 51.3 Å². The van der Waals surface area contributed by atoms with Gasteiger partial charge in [-0.2, -0.15) is 0 Å². The fourth-order valence-corrected chi connectivity index (χ4v) is 4.35. The second kappa shape index (κ2) is 5.42. The Morgan fingerprint density at radius 3 is 2.67 bits per heavy atom. The first-order valence-electron chi connectivity index (χ1n) is 6.21. The molecular formula is C14H12N2O3S2. The number of hydrogen-bond acceptors (Lipinski definition) is 6. The molecule has 2 heterocycles. The van der Waals surface area contributed by atoms with E-state index in [1.165, 1.54) is 6.20 Å². The lowest BCUT2D eigenvalue weighted by Gasteiger charge is -2.00. The minimum Gasteiger partial charge on any atom is -0.353 e. The van der Waals surface area contributed by atoms with Crippen LogP contribution < -0.4 is 0 Å². The summed E-state index contributed by atoms with van der Waals surface area (Å²) in [5.41, 5.74) is 1.48. The Kier molecular flexibility index (Phi) is 3.60. The van der Waals surface area contributed by atoms with Gasteiger partial charge in [0, 0.05) is 6.07 Å². The topological polar surface area (TPSA) is 73.1 Å². The van der Waals surface area contributed by atoms with Crippen LogP contribution in [0.3, 0.4) is 0 Å². The van der Waals surface area contributed by atoms with Crippen LogP contribution in [0.5, 0.6) is 0 Å². The van der Waals surface area contributed by atoms with Gasteiger partial charge in [0.25, 0.3) is 0 Å². The second-order valence-corrected chi connectivity index (χ2v) is 7.81. The highest BCUT2D eigenvalue weighted by atomic mass is 32.2. The van der Waals surface area contributed by atoms with Gasteiger partial charge >= 0.3 is 0 Å². The Morgan fingerprint density at radius 1 is 1.24 bits per heavy atom. The van der Waals surface area contributed by atoms with Crippen molar-refractivity contribution in [2.75, 3.05) is 0 Å². The molecule has 108 valence electrons. The Morgan fingerprint density at radius 2 is 2.00 bits per heavy atom. The maximum atomic E-state index is 12.4. The molecule has 0 saturated heterocycles. The summed E-state index contributed by atoms with van der Waals surface area (Å²) in [7, 11) is -3.40. The molecule has 5 nitrogen and oxygen atoms in total. The molecule has 0 aliphatic carbocycles. The van der Waals surface area contributed by atoms with E-state index >= 15 is 0 Å². The Balaban J connectivity index is 1.88. The van der Waals surface area contributed by atoms with Gasteiger partial charge < -0.3 is 4.52 Å². The maximum Gasteiger partial charge on any atom is 0.195 e. The van der Waals surface area contributed by atoms with Crippen LogP contribution in [0, 0.1) is 6.92 Å². The summed E-state index contributed by atoms with van der Waals surface area (Å²) in [5, 5.41) is 4.29. The van der Waals surface area contributed by atoms with Crippen molar-refractivity contribution in [2.45, 2.75) is 16.9 Å². The Bertz CT molecular complexity index is 851. The molecule has 0 spiro atoms. The summed E-state index contributed by atoms with van der Waals surface area (Å²) < 4.78 is 30.1. The molecule has 0 atom stereocenters. The summed E-state index contributed by atoms with van der Waals surface area (Å²) in [4.78, 5) is 4.11. The lowest BCUT2D eigenvalue weighted by atomic mass is 10.2. The Hall–Kier alpha value is -1.99. The van der Waals surface area contributed by atoms with E-state index in [0.29, 0.717) is 10.8 Å². The molecular weight excluding hydrogens is 308 g/mol. The zero-order chi connectivity index (χ0) is 14.9. The van der Waals surface area contributed by atoms with Crippen molar-refractivity contribution in [1.82, 2.24) is 10.1 Å². The van der Waals surface area contributed by atoms with Crippen molar-refractivity contribution < 1.29 is 12.9 Å². The molecule has 0 N–H and O–H groups in total. The molecule has 0 bridgehead atoms. The molecule has 21 heavy (non-hydrogen) atoms. The first-order chi connectivity index (χ1) is 10.0. The third-order valence-corrected chi connectivity index (χ3v) is 6.08. The second-order valence-electron chi connectivity index (χ2n) is 4.56. The number of benzene rings is 1. The first-order valence-corrected chi connectivity index (χ1v) is 8.68. The summed E-state index contributed by atoms with van der Waals surface area (Å²) in [5.74, 6) is 0.448. The highest BCUT2D eigenvalue weighted by Gasteiger charge is 2.20. The van der Waals surface area contributed by atoms with Gasteiger partial charge in [0.05, 0.1) is 17.6 Å². The molecule has 7 heteroatoms. The van der Waals surface area contributed by atoms with Crippen LogP contribution in [0.2, 0.25) is 0 Å². The molecule has 0 aliphatic heterocycles. The van der Waals surface area contributed by atoms with Crippen molar-refractivity contribution in [1.29, 1.82) is 0 Å². The summed E-state index contributed by atoms with van der Waals surface area (Å²) >= 11 is 1.09. The van der Waals surface area contributed by atoms with Crippen molar-refractivity contribution in [3.63, 3.8) is 0 Å². The molecule has 0 aliphatic rings. The average Bonchev–Trinajstić information content (AvgIpc) is 3.08. The molecule has 0 radical (unpaired) electrons. The molecule has 2 aromatic heterocycles. The fraction of sp³-hybridized carbons (Fsp3) is 0.143. The lowest BCUT2D eigenvalue weighted by Crippen LogP contribution is -2.02. The Labute approximate surface area is 126 Å². The van der Waals surface area contributed by atoms with Crippen molar-refractivity contribution in [3.05, 3.63) is 53.9 Å². The van der Waals surface area contributed by atoms with E-state index in [1.54, 1.807) is 25.1 Å². The largest absolute Gasteiger partial charge is 0.353 e. The van der Waals surface area contributed by atoms with Crippen LogP contribution >= 0.6 is 11.3 Å². The van der Waals surface area contributed by atoms with E-state index < -0.39 is 9.84 Å². The highest BCUT2D eigenvalue weighted by molar-refractivity contribution is 7.92. The summed E-state index contributed by atoms with van der Waals surface area (Å²) in [6, 6.07) is 10.8. The molecule has 1 aromatic carbocycles. The van der Waals surface area contributed by atoms with Gasteiger partial charge in [-0.05, 0) is 12.5 Å². The third-order valence-electron chi connectivity index (χ3n) is 2.83. The van der Waals surface area contributed by atoms with E-state index in [2.05, 4.69) is 10.1 Å². The number of thiazole rings is 1. The predicted octanol–water partition coefficient (Wildman–Crippen LogP) is 3.08. The smallest absolute Gasteiger partial charge is 0.195 e. The van der Waals surface area contributed by atoms with E-state index in [9.17, 15) is 8.42 Å². The van der Waals surface area contributed by atoms with Gasteiger partial charge in [-0.1, -0.05) is 46.8 Å². The minimum absolute atomic E-state index is 0.0368. The number of aromatic nitrogens is 2. The first kappa shape index (κ1) is 14.0. The van der Waals surface area contributed by atoms with Crippen LogP contribution in [-0.4, -0.2) is 18.6 Å². The lowest BCUT2D eigenvalue weighted by molar-refractivity contribution is 0.427. The minimum atomic E-state index is -3.40. The van der Waals surface area contributed by atoms with E-state index in [1.807, 2.05) is 18.2 Å². The van der Waals surface area contributed by atoms with Crippen molar-refractivity contribution >= 4 is 21.2 Å². The molecule has 0 amide bonds. The SMILES string of the molecule is Cc1cc(-c2ncc(S(=O)(=O)Cc3ccccc3)s2)on1. The van der Waals surface area contributed by atoms with Gasteiger partial charge in [0.2, 0.25) is 0 Å². The van der Waals surface area contributed by atoms with Gasteiger partial charge in [-0.25, -0.2) is 13.4 Å². The van der Waals surface area contributed by atoms with Crippen LogP contribution in [0.25, 0.3) is 10.8 Å². The van der Waals surface area contributed by atoms with Gasteiger partial charge in [-0.15, -0.1) is 0 Å². The van der Waals surface area contributed by atoms with Crippen LogP contribution in [-0.2, 0) is 15.6 Å². The van der Waals surface area contributed by atoms with Crippen LogP contribution in [0.4, 0.5) is 0 Å². The van der Waals surface area contributed by atoms with E-state index in [0.717, 1.165) is 22.6 Å². The monoisotopic (exact) mass is 320 g/mol. The van der Waals surface area contributed by atoms with E-state index in [4.69, 9.17) is 4.52 Å². The number of sulfone groups is 1. The molecule has 0 saturated carbocycles. The molecule has 0 fully saturated rings. The van der Waals surface area contributed by atoms with Gasteiger partial charge in [-0.3, -0.25) is 0 Å². The normalized spacial score (nSPS) is 11.7. The van der Waals surface area contributed by atoms with Gasteiger partial charge in [0.15, 0.2) is 20.6 Å². The highest BCUT2D eigenvalue weighted by Crippen LogP contribution is 2.30. The van der Waals surface area contributed by atoms with E-state index in [-0.39, 0.29) is 9.96 Å². The van der Waals surface area contributed by atoms with Crippen molar-refractivity contribution in [3.8, 4) is 10.8 Å².